The molecule has 0 atom stereocenters. The number of ether oxygens (including phenoxy) is 1. The zero-order valence-corrected chi connectivity index (χ0v) is 21.0. The Kier molecular flexibility index (Phi) is 6.14. The zero-order chi connectivity index (χ0) is 21.0. The molecule has 2 aromatic carbocycles. The van der Waals surface area contributed by atoms with Crippen molar-refractivity contribution >= 4 is 38.3 Å². The number of hydrogen-bond donors (Lipinski definition) is 0. The summed E-state index contributed by atoms with van der Waals surface area (Å²) in [6.07, 6.45) is 2.11. The Hall–Kier alpha value is -1.92. The van der Waals surface area contributed by atoms with E-state index in [0.717, 1.165) is 33.5 Å². The molecule has 0 radical (unpaired) electrons. The SMILES string of the molecule is Cc1c(-c2cc(C(=O)[O-])c3c(OC4CC(C)C4)ccc(C)c3n2)sc2ccccc12.[Na+]. The summed E-state index contributed by atoms with van der Waals surface area (Å²) in [6.45, 7) is 6.20. The first-order valence-corrected chi connectivity index (χ1v) is 11.0. The Morgan fingerprint density at radius 3 is 2.58 bits per heavy atom. The molecule has 1 saturated carbocycles. The summed E-state index contributed by atoms with van der Waals surface area (Å²) in [4.78, 5) is 18.0. The standard InChI is InChI=1S/C25H23NO3S.Na/c1-13-10-16(11-13)29-20-9-8-14(2)23-22(20)18(25(27)28)12-19(26-23)24-15(3)17-6-4-5-7-21(17)30-24;/h4-9,12-13,16H,10-11H2,1-3H3,(H,27,28);/q;+1/p-1. The van der Waals surface area contributed by atoms with Crippen LogP contribution in [0.5, 0.6) is 5.75 Å². The molecule has 0 aliphatic heterocycles. The molecule has 1 aliphatic carbocycles. The summed E-state index contributed by atoms with van der Waals surface area (Å²) in [6, 6.07) is 13.6. The van der Waals surface area contributed by atoms with Crippen LogP contribution >= 0.6 is 11.3 Å². The first-order valence-electron chi connectivity index (χ1n) is 10.2. The van der Waals surface area contributed by atoms with Gasteiger partial charge in [-0.1, -0.05) is 31.2 Å². The Morgan fingerprint density at radius 1 is 1.16 bits per heavy atom. The predicted octanol–water partition coefficient (Wildman–Crippen LogP) is 2.28. The van der Waals surface area contributed by atoms with Crippen molar-refractivity contribution in [1.29, 1.82) is 0 Å². The van der Waals surface area contributed by atoms with Gasteiger partial charge in [0, 0.05) is 10.3 Å². The van der Waals surface area contributed by atoms with E-state index in [4.69, 9.17) is 9.72 Å². The number of carboxylic acid groups (broad SMARTS) is 1. The van der Waals surface area contributed by atoms with E-state index in [-0.39, 0.29) is 41.2 Å². The van der Waals surface area contributed by atoms with Gasteiger partial charge in [-0.05, 0) is 67.3 Å². The Balaban J connectivity index is 0.00000231. The van der Waals surface area contributed by atoms with Gasteiger partial charge in [0.1, 0.15) is 5.75 Å². The zero-order valence-electron chi connectivity index (χ0n) is 18.2. The number of aromatic nitrogens is 1. The molecular formula is C25H22NNaO3S. The molecule has 6 heteroatoms. The van der Waals surface area contributed by atoms with Gasteiger partial charge in [0.05, 0.1) is 33.5 Å². The van der Waals surface area contributed by atoms with Crippen molar-refractivity contribution in [2.24, 2.45) is 5.92 Å². The van der Waals surface area contributed by atoms with Crippen LogP contribution in [-0.4, -0.2) is 17.1 Å². The summed E-state index contributed by atoms with van der Waals surface area (Å²) in [7, 11) is 0. The largest absolute Gasteiger partial charge is 1.00 e. The maximum atomic E-state index is 12.1. The second-order valence-electron chi connectivity index (χ2n) is 8.32. The third-order valence-electron chi connectivity index (χ3n) is 6.04. The van der Waals surface area contributed by atoms with Gasteiger partial charge < -0.3 is 14.6 Å². The van der Waals surface area contributed by atoms with Crippen molar-refractivity contribution in [3.8, 4) is 16.3 Å². The monoisotopic (exact) mass is 439 g/mol. The molecule has 0 spiro atoms. The molecule has 1 fully saturated rings. The molecule has 0 bridgehead atoms. The molecule has 0 saturated heterocycles. The topological polar surface area (TPSA) is 62.2 Å². The van der Waals surface area contributed by atoms with Crippen LogP contribution in [0.4, 0.5) is 0 Å². The average molecular weight is 440 g/mol. The molecule has 4 nitrogen and oxygen atoms in total. The van der Waals surface area contributed by atoms with E-state index in [2.05, 4.69) is 26.0 Å². The molecule has 1 aliphatic rings. The number of nitrogens with zero attached hydrogens (tertiary/aromatic N) is 1. The van der Waals surface area contributed by atoms with Crippen LogP contribution in [0, 0.1) is 19.8 Å². The number of fused-ring (bicyclic) bond motifs is 2. The maximum absolute atomic E-state index is 12.1. The van der Waals surface area contributed by atoms with Crippen LogP contribution in [0.15, 0.2) is 42.5 Å². The average Bonchev–Trinajstić information content (AvgIpc) is 3.05. The van der Waals surface area contributed by atoms with Gasteiger partial charge in [0.15, 0.2) is 0 Å². The van der Waals surface area contributed by atoms with E-state index in [1.807, 2.05) is 31.2 Å². The van der Waals surface area contributed by atoms with E-state index < -0.39 is 5.97 Å². The van der Waals surface area contributed by atoms with Crippen molar-refractivity contribution in [2.45, 2.75) is 39.7 Å². The van der Waals surface area contributed by atoms with Crippen LogP contribution in [0.25, 0.3) is 31.6 Å². The normalized spacial score (nSPS) is 17.9. The molecule has 0 amide bonds. The molecule has 4 aromatic rings. The van der Waals surface area contributed by atoms with E-state index >= 15 is 0 Å². The summed E-state index contributed by atoms with van der Waals surface area (Å²) in [5.41, 5.74) is 3.49. The van der Waals surface area contributed by atoms with Gasteiger partial charge in [0.25, 0.3) is 0 Å². The third kappa shape index (κ3) is 3.89. The van der Waals surface area contributed by atoms with Crippen LogP contribution in [0.3, 0.4) is 0 Å². The summed E-state index contributed by atoms with van der Waals surface area (Å²) < 4.78 is 7.33. The number of hydrogen-bond acceptors (Lipinski definition) is 5. The molecule has 0 N–H and O–H groups in total. The molecular weight excluding hydrogens is 417 g/mol. The molecule has 0 unspecified atom stereocenters. The minimum absolute atomic E-state index is 0. The van der Waals surface area contributed by atoms with Gasteiger partial charge in [-0.3, -0.25) is 0 Å². The van der Waals surface area contributed by atoms with E-state index in [1.165, 1.54) is 5.39 Å². The fourth-order valence-electron chi connectivity index (χ4n) is 4.34. The number of pyridine rings is 1. The molecule has 152 valence electrons. The third-order valence-corrected chi connectivity index (χ3v) is 7.34. The summed E-state index contributed by atoms with van der Waals surface area (Å²) >= 11 is 1.63. The van der Waals surface area contributed by atoms with Crippen LogP contribution in [0.1, 0.15) is 41.3 Å². The second kappa shape index (κ2) is 8.55. The van der Waals surface area contributed by atoms with Crippen LogP contribution in [0.2, 0.25) is 0 Å². The first-order chi connectivity index (χ1) is 14.4. The maximum Gasteiger partial charge on any atom is 1.00 e. The van der Waals surface area contributed by atoms with Gasteiger partial charge >= 0.3 is 29.6 Å². The van der Waals surface area contributed by atoms with E-state index in [1.54, 1.807) is 17.4 Å². The predicted molar refractivity (Wildman–Crippen MR) is 119 cm³/mol. The summed E-state index contributed by atoms with van der Waals surface area (Å²) in [5.74, 6) is 0.0200. The Bertz CT molecular complexity index is 1310. The van der Waals surface area contributed by atoms with Crippen LogP contribution in [-0.2, 0) is 0 Å². The van der Waals surface area contributed by atoms with Crippen molar-refractivity contribution in [2.75, 3.05) is 0 Å². The Morgan fingerprint density at radius 2 is 1.90 bits per heavy atom. The second-order valence-corrected chi connectivity index (χ2v) is 9.37. The summed E-state index contributed by atoms with van der Waals surface area (Å²) in [5, 5.41) is 13.9. The van der Waals surface area contributed by atoms with Crippen molar-refractivity contribution < 1.29 is 44.2 Å². The molecule has 31 heavy (non-hydrogen) atoms. The molecule has 2 aromatic heterocycles. The number of carbonyl (C=O) groups is 1. The number of benzene rings is 2. The van der Waals surface area contributed by atoms with Crippen molar-refractivity contribution in [1.82, 2.24) is 4.98 Å². The molecule has 5 rings (SSSR count). The van der Waals surface area contributed by atoms with Crippen molar-refractivity contribution in [3.63, 3.8) is 0 Å². The fourth-order valence-corrected chi connectivity index (χ4v) is 5.51. The smallest absolute Gasteiger partial charge is 0.545 e. The van der Waals surface area contributed by atoms with E-state index in [0.29, 0.717) is 28.3 Å². The van der Waals surface area contributed by atoms with Gasteiger partial charge in [-0.15, -0.1) is 11.3 Å². The number of thiophene rings is 1. The number of aryl methyl sites for hydroxylation is 2. The first kappa shape index (κ1) is 22.3. The number of rotatable bonds is 4. The number of aromatic carboxylic acids is 1. The van der Waals surface area contributed by atoms with Crippen molar-refractivity contribution in [3.05, 3.63) is 59.2 Å². The quantitative estimate of drug-likeness (QED) is 0.458. The minimum atomic E-state index is -1.21. The van der Waals surface area contributed by atoms with E-state index in [9.17, 15) is 9.90 Å². The van der Waals surface area contributed by atoms with Gasteiger partial charge in [-0.25, -0.2) is 4.98 Å². The fraction of sp³-hybridized carbons (Fsp3) is 0.280. The van der Waals surface area contributed by atoms with Crippen LogP contribution < -0.4 is 39.4 Å². The Labute approximate surface area is 207 Å². The van der Waals surface area contributed by atoms with Gasteiger partial charge in [-0.2, -0.15) is 0 Å². The number of carboxylic acids is 1. The number of carbonyl (C=O) groups excluding carboxylic acids is 1. The van der Waals surface area contributed by atoms with Gasteiger partial charge in [0.2, 0.25) is 0 Å². The molecule has 2 heterocycles. The minimum Gasteiger partial charge on any atom is -0.545 e.